The maximum absolute atomic E-state index is 5.83. The van der Waals surface area contributed by atoms with Crippen LogP contribution in [-0.2, 0) is 0 Å². The lowest BCUT2D eigenvalue weighted by atomic mass is 9.95. The highest BCUT2D eigenvalue weighted by Gasteiger charge is 2.40. The van der Waals surface area contributed by atoms with Crippen molar-refractivity contribution in [2.24, 2.45) is 11.7 Å². The molecule has 1 aliphatic carbocycles. The van der Waals surface area contributed by atoms with Gasteiger partial charge in [0.1, 0.15) is 0 Å². The summed E-state index contributed by atoms with van der Waals surface area (Å²) in [4.78, 5) is 0. The second-order valence-corrected chi connectivity index (χ2v) is 4.39. The fraction of sp³-hybridized carbons (Fsp3) is 0.500. The standard InChI is InChI=1S/C12H18N2/c1-12(9-13,10-7-8-10)14-11-5-3-2-4-6-11/h2-6,10,14H,7-9,13H2,1H3. The minimum Gasteiger partial charge on any atom is -0.378 e. The van der Waals surface area contributed by atoms with Crippen LogP contribution in [-0.4, -0.2) is 12.1 Å². The summed E-state index contributed by atoms with van der Waals surface area (Å²) in [6.45, 7) is 2.92. The van der Waals surface area contributed by atoms with E-state index in [0.717, 1.165) is 5.92 Å². The molecule has 0 bridgehead atoms. The van der Waals surface area contributed by atoms with E-state index in [4.69, 9.17) is 5.73 Å². The van der Waals surface area contributed by atoms with Gasteiger partial charge in [0.15, 0.2) is 0 Å². The number of hydrogen-bond donors (Lipinski definition) is 2. The van der Waals surface area contributed by atoms with Gasteiger partial charge in [-0.2, -0.15) is 0 Å². The SMILES string of the molecule is CC(CN)(Nc1ccccc1)C1CC1. The first-order valence-electron chi connectivity index (χ1n) is 5.28. The van der Waals surface area contributed by atoms with Gasteiger partial charge in [0, 0.05) is 17.8 Å². The predicted molar refractivity (Wildman–Crippen MR) is 60.2 cm³/mol. The predicted octanol–water partition coefficient (Wildman–Crippen LogP) is 2.23. The number of anilines is 1. The van der Waals surface area contributed by atoms with E-state index in [1.54, 1.807) is 0 Å². The molecule has 0 heterocycles. The monoisotopic (exact) mass is 190 g/mol. The quantitative estimate of drug-likeness (QED) is 0.764. The Morgan fingerprint density at radius 2 is 2.00 bits per heavy atom. The van der Waals surface area contributed by atoms with Gasteiger partial charge in [0.05, 0.1) is 0 Å². The molecule has 0 aromatic heterocycles. The summed E-state index contributed by atoms with van der Waals surface area (Å²) in [5, 5.41) is 3.54. The highest BCUT2D eigenvalue weighted by Crippen LogP contribution is 2.40. The molecular formula is C12H18N2. The molecule has 1 saturated carbocycles. The van der Waals surface area contributed by atoms with Crippen molar-refractivity contribution in [2.45, 2.75) is 25.3 Å². The number of benzene rings is 1. The van der Waals surface area contributed by atoms with Crippen molar-refractivity contribution in [3.63, 3.8) is 0 Å². The summed E-state index contributed by atoms with van der Waals surface area (Å²) in [6.07, 6.45) is 2.63. The third-order valence-electron chi connectivity index (χ3n) is 3.11. The van der Waals surface area contributed by atoms with Crippen LogP contribution in [0.1, 0.15) is 19.8 Å². The van der Waals surface area contributed by atoms with Crippen molar-refractivity contribution in [2.75, 3.05) is 11.9 Å². The Balaban J connectivity index is 2.08. The van der Waals surface area contributed by atoms with Crippen LogP contribution in [0.3, 0.4) is 0 Å². The molecule has 76 valence electrons. The molecule has 0 aliphatic heterocycles. The Bertz CT molecular complexity index is 292. The Kier molecular flexibility index (Phi) is 2.46. The molecule has 3 N–H and O–H groups in total. The van der Waals surface area contributed by atoms with Crippen LogP contribution in [0.25, 0.3) is 0 Å². The number of nitrogens with one attached hydrogen (secondary N) is 1. The zero-order valence-electron chi connectivity index (χ0n) is 8.66. The van der Waals surface area contributed by atoms with Gasteiger partial charge >= 0.3 is 0 Å². The third-order valence-corrected chi connectivity index (χ3v) is 3.11. The van der Waals surface area contributed by atoms with Gasteiger partial charge in [-0.15, -0.1) is 0 Å². The van der Waals surface area contributed by atoms with E-state index >= 15 is 0 Å². The molecule has 0 radical (unpaired) electrons. The second-order valence-electron chi connectivity index (χ2n) is 4.39. The lowest BCUT2D eigenvalue weighted by molar-refractivity contribution is 0.459. The fourth-order valence-corrected chi connectivity index (χ4v) is 1.89. The average molecular weight is 190 g/mol. The fourth-order valence-electron chi connectivity index (χ4n) is 1.89. The van der Waals surface area contributed by atoms with Gasteiger partial charge in [-0.25, -0.2) is 0 Å². The van der Waals surface area contributed by atoms with Gasteiger partial charge < -0.3 is 11.1 Å². The summed E-state index contributed by atoms with van der Waals surface area (Å²) in [5.41, 5.74) is 7.09. The molecule has 2 rings (SSSR count). The van der Waals surface area contributed by atoms with Gasteiger partial charge in [-0.05, 0) is 37.8 Å². The number of para-hydroxylation sites is 1. The molecule has 1 aromatic rings. The molecular weight excluding hydrogens is 172 g/mol. The van der Waals surface area contributed by atoms with Crippen LogP contribution in [0.5, 0.6) is 0 Å². The van der Waals surface area contributed by atoms with E-state index in [0.29, 0.717) is 6.54 Å². The number of nitrogens with two attached hydrogens (primary N) is 1. The minimum absolute atomic E-state index is 0.0847. The number of rotatable bonds is 4. The molecule has 2 nitrogen and oxygen atoms in total. The summed E-state index contributed by atoms with van der Waals surface area (Å²) < 4.78 is 0. The van der Waals surface area contributed by atoms with E-state index in [9.17, 15) is 0 Å². The maximum atomic E-state index is 5.83. The number of hydrogen-bond acceptors (Lipinski definition) is 2. The van der Waals surface area contributed by atoms with Crippen molar-refractivity contribution in [3.8, 4) is 0 Å². The molecule has 14 heavy (non-hydrogen) atoms. The zero-order chi connectivity index (χ0) is 10.0. The summed E-state index contributed by atoms with van der Waals surface area (Å²) in [5.74, 6) is 0.757. The molecule has 2 heteroatoms. The third kappa shape index (κ3) is 1.90. The first kappa shape index (κ1) is 9.53. The van der Waals surface area contributed by atoms with Gasteiger partial charge in [0.25, 0.3) is 0 Å². The largest absolute Gasteiger partial charge is 0.378 e. The van der Waals surface area contributed by atoms with Crippen molar-refractivity contribution in [3.05, 3.63) is 30.3 Å². The lowest BCUT2D eigenvalue weighted by Crippen LogP contribution is -2.44. The molecule has 0 amide bonds. The van der Waals surface area contributed by atoms with E-state index in [1.807, 2.05) is 18.2 Å². The van der Waals surface area contributed by atoms with E-state index in [2.05, 4.69) is 24.4 Å². The van der Waals surface area contributed by atoms with Crippen LogP contribution in [0, 0.1) is 5.92 Å². The van der Waals surface area contributed by atoms with Crippen LogP contribution >= 0.6 is 0 Å². The summed E-state index contributed by atoms with van der Waals surface area (Å²) in [7, 11) is 0. The van der Waals surface area contributed by atoms with Gasteiger partial charge in [-0.1, -0.05) is 18.2 Å². The first-order valence-corrected chi connectivity index (χ1v) is 5.28. The first-order chi connectivity index (χ1) is 6.74. The Labute approximate surface area is 85.5 Å². The van der Waals surface area contributed by atoms with Crippen LogP contribution < -0.4 is 11.1 Å². The van der Waals surface area contributed by atoms with Crippen molar-refractivity contribution >= 4 is 5.69 Å². The Morgan fingerprint density at radius 1 is 1.36 bits per heavy atom. The van der Waals surface area contributed by atoms with Gasteiger partial charge in [0.2, 0.25) is 0 Å². The van der Waals surface area contributed by atoms with Crippen molar-refractivity contribution in [1.82, 2.24) is 0 Å². The van der Waals surface area contributed by atoms with Crippen molar-refractivity contribution in [1.29, 1.82) is 0 Å². The molecule has 0 saturated heterocycles. The minimum atomic E-state index is 0.0847. The maximum Gasteiger partial charge on any atom is 0.0495 e. The zero-order valence-corrected chi connectivity index (χ0v) is 8.66. The lowest BCUT2D eigenvalue weighted by Gasteiger charge is -2.30. The summed E-state index contributed by atoms with van der Waals surface area (Å²) >= 11 is 0. The van der Waals surface area contributed by atoms with E-state index in [-0.39, 0.29) is 5.54 Å². The highest BCUT2D eigenvalue weighted by atomic mass is 15.0. The van der Waals surface area contributed by atoms with E-state index < -0.39 is 0 Å². The van der Waals surface area contributed by atoms with E-state index in [1.165, 1.54) is 18.5 Å². The average Bonchev–Trinajstić information content (AvgIpc) is 3.03. The Hall–Kier alpha value is -1.02. The van der Waals surface area contributed by atoms with Crippen LogP contribution in [0.2, 0.25) is 0 Å². The molecule has 1 atom stereocenters. The normalized spacial score (nSPS) is 20.1. The molecule has 0 spiro atoms. The molecule has 1 fully saturated rings. The van der Waals surface area contributed by atoms with Crippen LogP contribution in [0.4, 0.5) is 5.69 Å². The second kappa shape index (κ2) is 3.62. The van der Waals surface area contributed by atoms with Crippen molar-refractivity contribution < 1.29 is 0 Å². The topological polar surface area (TPSA) is 38.0 Å². The summed E-state index contributed by atoms with van der Waals surface area (Å²) in [6, 6.07) is 10.3. The smallest absolute Gasteiger partial charge is 0.0495 e. The van der Waals surface area contributed by atoms with Crippen LogP contribution in [0.15, 0.2) is 30.3 Å². The Morgan fingerprint density at radius 3 is 2.50 bits per heavy atom. The highest BCUT2D eigenvalue weighted by molar-refractivity contribution is 5.45. The van der Waals surface area contributed by atoms with Gasteiger partial charge in [-0.3, -0.25) is 0 Å². The molecule has 1 aliphatic rings. The molecule has 1 unspecified atom stereocenters. The molecule has 1 aromatic carbocycles.